The van der Waals surface area contributed by atoms with E-state index in [-0.39, 0.29) is 18.4 Å². The fourth-order valence-corrected chi connectivity index (χ4v) is 3.34. The molecule has 0 aliphatic heterocycles. The molecular formula is C25H33ClN2O3. The SMILES string of the molecule is CC[C@@H](C(=O)NCC(C)C)N(Cc1ccc(Cl)cc1)C(=O)COc1cc(C)ccc1C. The van der Waals surface area contributed by atoms with E-state index >= 15 is 0 Å². The van der Waals surface area contributed by atoms with E-state index in [1.807, 2.05) is 65.0 Å². The summed E-state index contributed by atoms with van der Waals surface area (Å²) in [6.07, 6.45) is 0.507. The Kier molecular flexibility index (Phi) is 9.38. The number of hydrogen-bond donors (Lipinski definition) is 1. The van der Waals surface area contributed by atoms with E-state index in [0.717, 1.165) is 16.7 Å². The normalized spacial score (nSPS) is 11.8. The highest BCUT2D eigenvalue weighted by Gasteiger charge is 2.29. The van der Waals surface area contributed by atoms with Crippen LogP contribution in [0.3, 0.4) is 0 Å². The molecule has 0 aliphatic rings. The summed E-state index contributed by atoms with van der Waals surface area (Å²) in [7, 11) is 0. The van der Waals surface area contributed by atoms with Gasteiger partial charge in [-0.25, -0.2) is 0 Å². The quantitative estimate of drug-likeness (QED) is 0.566. The number of benzene rings is 2. The molecule has 1 N–H and O–H groups in total. The molecule has 5 nitrogen and oxygen atoms in total. The third kappa shape index (κ3) is 7.59. The number of aryl methyl sites for hydroxylation is 2. The van der Waals surface area contributed by atoms with Gasteiger partial charge in [0.05, 0.1) is 0 Å². The Balaban J connectivity index is 2.21. The number of rotatable bonds is 10. The van der Waals surface area contributed by atoms with E-state index in [4.69, 9.17) is 16.3 Å². The van der Waals surface area contributed by atoms with Crippen LogP contribution in [0, 0.1) is 19.8 Å². The summed E-state index contributed by atoms with van der Waals surface area (Å²) >= 11 is 6.00. The van der Waals surface area contributed by atoms with E-state index in [0.29, 0.717) is 36.2 Å². The number of halogens is 1. The van der Waals surface area contributed by atoms with Crippen LogP contribution in [-0.2, 0) is 16.1 Å². The molecule has 168 valence electrons. The van der Waals surface area contributed by atoms with Gasteiger partial charge in [-0.3, -0.25) is 9.59 Å². The molecule has 0 bridgehead atoms. The van der Waals surface area contributed by atoms with Crippen molar-refractivity contribution >= 4 is 23.4 Å². The number of nitrogens with zero attached hydrogens (tertiary/aromatic N) is 1. The second-order valence-electron chi connectivity index (χ2n) is 8.27. The predicted molar refractivity (Wildman–Crippen MR) is 125 cm³/mol. The molecule has 0 heterocycles. The lowest BCUT2D eigenvalue weighted by Crippen LogP contribution is -2.50. The number of carbonyl (C=O) groups is 2. The number of carbonyl (C=O) groups excluding carboxylic acids is 2. The van der Waals surface area contributed by atoms with Crippen molar-refractivity contribution in [3.63, 3.8) is 0 Å². The summed E-state index contributed by atoms with van der Waals surface area (Å²) in [5.41, 5.74) is 2.93. The van der Waals surface area contributed by atoms with Gasteiger partial charge in [0.2, 0.25) is 5.91 Å². The van der Waals surface area contributed by atoms with Gasteiger partial charge in [0.15, 0.2) is 6.61 Å². The molecule has 2 aromatic carbocycles. The van der Waals surface area contributed by atoms with Crippen molar-refractivity contribution in [2.45, 2.75) is 53.6 Å². The number of amides is 2. The van der Waals surface area contributed by atoms with Crippen LogP contribution in [0.4, 0.5) is 0 Å². The molecule has 31 heavy (non-hydrogen) atoms. The summed E-state index contributed by atoms with van der Waals surface area (Å²) in [5, 5.41) is 3.59. The van der Waals surface area contributed by atoms with Crippen LogP contribution in [-0.4, -0.2) is 35.9 Å². The number of hydrogen-bond acceptors (Lipinski definition) is 3. The molecule has 0 saturated heterocycles. The first-order valence-electron chi connectivity index (χ1n) is 10.7. The first-order valence-corrected chi connectivity index (χ1v) is 11.1. The zero-order valence-electron chi connectivity index (χ0n) is 19.1. The molecule has 0 radical (unpaired) electrons. The highest BCUT2D eigenvalue weighted by Crippen LogP contribution is 2.20. The maximum Gasteiger partial charge on any atom is 0.261 e. The van der Waals surface area contributed by atoms with Crippen LogP contribution < -0.4 is 10.1 Å². The third-order valence-electron chi connectivity index (χ3n) is 5.03. The molecule has 2 amide bonds. The fraction of sp³-hybridized carbons (Fsp3) is 0.440. The van der Waals surface area contributed by atoms with Gasteiger partial charge in [0.1, 0.15) is 11.8 Å². The monoisotopic (exact) mass is 444 g/mol. The Hall–Kier alpha value is -2.53. The molecule has 0 unspecified atom stereocenters. The summed E-state index contributed by atoms with van der Waals surface area (Å²) in [5.74, 6) is 0.624. The van der Waals surface area contributed by atoms with Crippen LogP contribution >= 0.6 is 11.6 Å². The van der Waals surface area contributed by atoms with Crippen LogP contribution in [0.2, 0.25) is 5.02 Å². The Morgan fingerprint density at radius 1 is 1.10 bits per heavy atom. The molecule has 0 fully saturated rings. The van der Waals surface area contributed by atoms with Crippen molar-refractivity contribution in [3.05, 3.63) is 64.2 Å². The topological polar surface area (TPSA) is 58.6 Å². The molecule has 2 aromatic rings. The summed E-state index contributed by atoms with van der Waals surface area (Å²) in [6, 6.07) is 12.6. The summed E-state index contributed by atoms with van der Waals surface area (Å²) in [6.45, 7) is 10.6. The average molecular weight is 445 g/mol. The van der Waals surface area contributed by atoms with Gasteiger partial charge in [-0.2, -0.15) is 0 Å². The Bertz CT molecular complexity index is 881. The van der Waals surface area contributed by atoms with E-state index in [2.05, 4.69) is 5.32 Å². The highest BCUT2D eigenvalue weighted by atomic mass is 35.5. The number of ether oxygens (including phenoxy) is 1. The molecule has 1 atom stereocenters. The van der Waals surface area contributed by atoms with Gasteiger partial charge in [-0.15, -0.1) is 0 Å². The lowest BCUT2D eigenvalue weighted by molar-refractivity contribution is -0.143. The van der Waals surface area contributed by atoms with Crippen molar-refractivity contribution in [3.8, 4) is 5.75 Å². The second-order valence-corrected chi connectivity index (χ2v) is 8.71. The average Bonchev–Trinajstić information content (AvgIpc) is 2.73. The minimum Gasteiger partial charge on any atom is -0.483 e. The second kappa shape index (κ2) is 11.8. The lowest BCUT2D eigenvalue weighted by atomic mass is 10.1. The standard InChI is InChI=1S/C25H33ClN2O3/c1-6-22(25(30)27-14-17(2)3)28(15-20-9-11-21(26)12-10-20)24(29)16-31-23-13-18(4)7-8-19(23)5/h7-13,17,22H,6,14-16H2,1-5H3,(H,27,30)/t22-/m0/s1. The minimum atomic E-state index is -0.580. The summed E-state index contributed by atoms with van der Waals surface area (Å²) in [4.78, 5) is 27.7. The van der Waals surface area contributed by atoms with E-state index < -0.39 is 6.04 Å². The van der Waals surface area contributed by atoms with Crippen LogP contribution in [0.25, 0.3) is 0 Å². The Morgan fingerprint density at radius 3 is 2.39 bits per heavy atom. The Labute approximate surface area is 190 Å². The molecule has 2 rings (SSSR count). The highest BCUT2D eigenvalue weighted by molar-refractivity contribution is 6.30. The largest absolute Gasteiger partial charge is 0.483 e. The Morgan fingerprint density at radius 2 is 1.77 bits per heavy atom. The maximum atomic E-state index is 13.2. The third-order valence-corrected chi connectivity index (χ3v) is 5.28. The lowest BCUT2D eigenvalue weighted by Gasteiger charge is -2.31. The zero-order valence-corrected chi connectivity index (χ0v) is 19.8. The number of nitrogens with one attached hydrogen (secondary N) is 1. The van der Waals surface area contributed by atoms with Crippen LogP contribution in [0.15, 0.2) is 42.5 Å². The van der Waals surface area contributed by atoms with Crippen LogP contribution in [0.5, 0.6) is 5.75 Å². The van der Waals surface area contributed by atoms with Crippen molar-refractivity contribution in [2.75, 3.05) is 13.2 Å². The molecular weight excluding hydrogens is 412 g/mol. The zero-order chi connectivity index (χ0) is 23.0. The van der Waals surface area contributed by atoms with Crippen molar-refractivity contribution in [1.82, 2.24) is 10.2 Å². The van der Waals surface area contributed by atoms with Gasteiger partial charge in [-0.1, -0.05) is 56.6 Å². The summed E-state index contributed by atoms with van der Waals surface area (Å²) < 4.78 is 5.85. The van der Waals surface area contributed by atoms with Crippen molar-refractivity contribution in [1.29, 1.82) is 0 Å². The van der Waals surface area contributed by atoms with E-state index in [1.54, 1.807) is 17.0 Å². The molecule has 0 aromatic heterocycles. The van der Waals surface area contributed by atoms with Gasteiger partial charge < -0.3 is 15.0 Å². The van der Waals surface area contributed by atoms with Crippen molar-refractivity contribution in [2.24, 2.45) is 5.92 Å². The smallest absolute Gasteiger partial charge is 0.261 e. The fourth-order valence-electron chi connectivity index (χ4n) is 3.21. The van der Waals surface area contributed by atoms with Crippen molar-refractivity contribution < 1.29 is 14.3 Å². The minimum absolute atomic E-state index is 0.133. The first-order chi connectivity index (χ1) is 14.7. The van der Waals surface area contributed by atoms with E-state index in [9.17, 15) is 9.59 Å². The maximum absolute atomic E-state index is 13.2. The molecule has 0 spiro atoms. The van der Waals surface area contributed by atoms with Gasteiger partial charge in [0.25, 0.3) is 5.91 Å². The van der Waals surface area contributed by atoms with Crippen LogP contribution in [0.1, 0.15) is 43.9 Å². The van der Waals surface area contributed by atoms with Gasteiger partial charge >= 0.3 is 0 Å². The molecule has 0 saturated carbocycles. The van der Waals surface area contributed by atoms with Gasteiger partial charge in [-0.05, 0) is 61.1 Å². The molecule has 0 aliphatic carbocycles. The molecule has 6 heteroatoms. The first kappa shape index (κ1) is 24.7. The predicted octanol–water partition coefficient (Wildman–Crippen LogP) is 4.92. The van der Waals surface area contributed by atoms with E-state index in [1.165, 1.54) is 0 Å². The van der Waals surface area contributed by atoms with Gasteiger partial charge in [0, 0.05) is 18.1 Å².